The second-order valence-corrected chi connectivity index (χ2v) is 4.39. The van der Waals surface area contributed by atoms with Crippen LogP contribution < -0.4 is 5.32 Å². The summed E-state index contributed by atoms with van der Waals surface area (Å²) in [4.78, 5) is 8.76. The highest BCUT2D eigenvalue weighted by Gasteiger charge is 2.14. The fraction of sp³-hybridized carbons (Fsp3) is 0.417. The smallest absolute Gasteiger partial charge is 0.146 e. The van der Waals surface area contributed by atoms with Gasteiger partial charge in [-0.25, -0.2) is 9.97 Å². The van der Waals surface area contributed by atoms with Crippen molar-refractivity contribution in [1.82, 2.24) is 20.2 Å². The van der Waals surface area contributed by atoms with Gasteiger partial charge < -0.3 is 5.32 Å². The van der Waals surface area contributed by atoms with Gasteiger partial charge in [-0.1, -0.05) is 6.07 Å². The second-order valence-electron chi connectivity index (χ2n) is 4.39. The summed E-state index contributed by atoms with van der Waals surface area (Å²) in [7, 11) is 0. The van der Waals surface area contributed by atoms with Crippen molar-refractivity contribution in [2.24, 2.45) is 0 Å². The molecule has 2 aromatic rings. The van der Waals surface area contributed by atoms with E-state index in [2.05, 4.69) is 31.5 Å². The number of hydrogen-bond donors (Lipinski definition) is 2. The minimum atomic E-state index is 0.0875. The van der Waals surface area contributed by atoms with Gasteiger partial charge in [-0.05, 0) is 37.8 Å². The second kappa shape index (κ2) is 4.16. The van der Waals surface area contributed by atoms with Crippen LogP contribution in [-0.2, 0) is 12.8 Å². The molecule has 2 aromatic heterocycles. The highest BCUT2D eigenvalue weighted by Crippen LogP contribution is 2.23. The zero-order valence-electron chi connectivity index (χ0n) is 9.77. The molecule has 17 heavy (non-hydrogen) atoms. The van der Waals surface area contributed by atoms with Gasteiger partial charge in [-0.2, -0.15) is 5.10 Å². The Hall–Kier alpha value is -1.91. The van der Waals surface area contributed by atoms with Crippen molar-refractivity contribution in [2.45, 2.75) is 32.2 Å². The Balaban J connectivity index is 1.77. The first-order chi connectivity index (χ1) is 8.33. The predicted molar refractivity (Wildman–Crippen MR) is 64.7 cm³/mol. The molecule has 1 atom stereocenters. The van der Waals surface area contributed by atoms with Crippen molar-refractivity contribution >= 4 is 5.82 Å². The number of rotatable bonds is 3. The van der Waals surface area contributed by atoms with Gasteiger partial charge in [0.05, 0.1) is 6.04 Å². The number of anilines is 1. The summed E-state index contributed by atoms with van der Waals surface area (Å²) < 4.78 is 0. The van der Waals surface area contributed by atoms with Crippen LogP contribution >= 0.6 is 0 Å². The van der Waals surface area contributed by atoms with Gasteiger partial charge in [0, 0.05) is 5.69 Å². The monoisotopic (exact) mass is 229 g/mol. The van der Waals surface area contributed by atoms with Gasteiger partial charge in [-0.15, -0.1) is 0 Å². The maximum atomic E-state index is 4.63. The first-order valence-electron chi connectivity index (χ1n) is 5.93. The summed E-state index contributed by atoms with van der Waals surface area (Å²) in [5, 5.41) is 10.0. The summed E-state index contributed by atoms with van der Waals surface area (Å²) in [6, 6.07) is 4.30. The third-order valence-electron chi connectivity index (χ3n) is 3.14. The summed E-state index contributed by atoms with van der Waals surface area (Å²) >= 11 is 0. The van der Waals surface area contributed by atoms with E-state index >= 15 is 0 Å². The molecular weight excluding hydrogens is 214 g/mol. The Morgan fingerprint density at radius 3 is 3.12 bits per heavy atom. The van der Waals surface area contributed by atoms with E-state index in [0.29, 0.717) is 0 Å². The molecule has 0 bridgehead atoms. The van der Waals surface area contributed by atoms with Gasteiger partial charge >= 0.3 is 0 Å². The molecule has 5 heteroatoms. The van der Waals surface area contributed by atoms with Crippen molar-refractivity contribution in [1.29, 1.82) is 0 Å². The summed E-state index contributed by atoms with van der Waals surface area (Å²) in [5.74, 6) is 1.74. The average molecular weight is 229 g/mol. The van der Waals surface area contributed by atoms with Gasteiger partial charge in [0.25, 0.3) is 0 Å². The molecule has 2 heterocycles. The molecule has 0 aliphatic heterocycles. The molecule has 0 radical (unpaired) electrons. The molecule has 2 N–H and O–H groups in total. The molecule has 0 aromatic carbocycles. The average Bonchev–Trinajstić information content (AvgIpc) is 2.99. The zero-order valence-corrected chi connectivity index (χ0v) is 9.77. The van der Waals surface area contributed by atoms with Crippen LogP contribution in [0.15, 0.2) is 18.5 Å². The minimum absolute atomic E-state index is 0.0875. The van der Waals surface area contributed by atoms with Crippen LogP contribution in [0.3, 0.4) is 0 Å². The van der Waals surface area contributed by atoms with E-state index in [1.807, 2.05) is 13.0 Å². The number of pyridine rings is 1. The lowest BCUT2D eigenvalue weighted by molar-refractivity contribution is 0.788. The van der Waals surface area contributed by atoms with Gasteiger partial charge in [0.1, 0.15) is 18.0 Å². The van der Waals surface area contributed by atoms with Gasteiger partial charge in [-0.3, -0.25) is 5.10 Å². The van der Waals surface area contributed by atoms with E-state index in [9.17, 15) is 0 Å². The third-order valence-corrected chi connectivity index (χ3v) is 3.14. The molecule has 0 spiro atoms. The maximum Gasteiger partial charge on any atom is 0.146 e. The lowest BCUT2D eigenvalue weighted by Gasteiger charge is -2.12. The highest BCUT2D eigenvalue weighted by molar-refractivity contribution is 5.41. The lowest BCUT2D eigenvalue weighted by Crippen LogP contribution is -2.10. The highest BCUT2D eigenvalue weighted by atomic mass is 15.2. The lowest BCUT2D eigenvalue weighted by atomic mass is 10.2. The topological polar surface area (TPSA) is 66.5 Å². The maximum absolute atomic E-state index is 4.63. The van der Waals surface area contributed by atoms with Crippen molar-refractivity contribution in [3.8, 4) is 0 Å². The summed E-state index contributed by atoms with van der Waals surface area (Å²) in [6.07, 6.45) is 5.01. The molecular formula is C12H15N5. The predicted octanol–water partition coefficient (Wildman–Crippen LogP) is 1.86. The molecule has 0 fully saturated rings. The van der Waals surface area contributed by atoms with E-state index in [1.54, 1.807) is 0 Å². The molecule has 5 nitrogen and oxygen atoms in total. The van der Waals surface area contributed by atoms with Crippen LogP contribution in [-0.4, -0.2) is 20.2 Å². The quantitative estimate of drug-likeness (QED) is 0.843. The number of aromatic nitrogens is 4. The van der Waals surface area contributed by atoms with Crippen molar-refractivity contribution < 1.29 is 0 Å². The number of hydrogen-bond acceptors (Lipinski definition) is 4. The fourth-order valence-corrected chi connectivity index (χ4v) is 2.21. The van der Waals surface area contributed by atoms with Crippen LogP contribution in [0.25, 0.3) is 0 Å². The number of aromatic amines is 1. The minimum Gasteiger partial charge on any atom is -0.360 e. The van der Waals surface area contributed by atoms with Crippen molar-refractivity contribution in [3.05, 3.63) is 35.5 Å². The molecule has 0 saturated carbocycles. The number of nitrogens with one attached hydrogen (secondary N) is 2. The van der Waals surface area contributed by atoms with Crippen molar-refractivity contribution in [2.75, 3.05) is 5.32 Å². The standard InChI is InChI=1S/C12H15N5/c1-8(12-13-7-14-17-12)15-11-6-5-9-3-2-4-10(9)16-11/h5-8H,2-4H2,1H3,(H,15,16)(H,13,14,17). The van der Waals surface area contributed by atoms with Gasteiger partial charge in [0.15, 0.2) is 0 Å². The molecule has 0 saturated heterocycles. The zero-order chi connectivity index (χ0) is 11.7. The molecule has 3 rings (SSSR count). The summed E-state index contributed by atoms with van der Waals surface area (Å²) in [5.41, 5.74) is 2.63. The van der Waals surface area contributed by atoms with E-state index in [1.165, 1.54) is 30.4 Å². The normalized spacial score (nSPS) is 15.6. The summed E-state index contributed by atoms with van der Waals surface area (Å²) in [6.45, 7) is 2.04. The number of nitrogens with zero attached hydrogens (tertiary/aromatic N) is 3. The largest absolute Gasteiger partial charge is 0.360 e. The first kappa shape index (κ1) is 10.3. The number of aryl methyl sites for hydroxylation is 2. The molecule has 1 unspecified atom stereocenters. The number of H-pyrrole nitrogens is 1. The van der Waals surface area contributed by atoms with E-state index in [-0.39, 0.29) is 6.04 Å². The van der Waals surface area contributed by atoms with Gasteiger partial charge in [0.2, 0.25) is 0 Å². The Bertz CT molecular complexity index is 506. The van der Waals surface area contributed by atoms with Crippen LogP contribution in [0, 0.1) is 0 Å². The molecule has 1 aliphatic rings. The fourth-order valence-electron chi connectivity index (χ4n) is 2.21. The molecule has 1 aliphatic carbocycles. The van der Waals surface area contributed by atoms with Crippen LogP contribution in [0.5, 0.6) is 0 Å². The SMILES string of the molecule is CC(Nc1ccc2c(n1)CCC2)c1ncn[nH]1. The van der Waals surface area contributed by atoms with E-state index in [0.717, 1.165) is 18.1 Å². The number of fused-ring (bicyclic) bond motifs is 1. The van der Waals surface area contributed by atoms with Crippen LogP contribution in [0.4, 0.5) is 5.82 Å². The molecule has 88 valence electrons. The first-order valence-corrected chi connectivity index (χ1v) is 5.93. The van der Waals surface area contributed by atoms with Crippen LogP contribution in [0.1, 0.15) is 36.5 Å². The Morgan fingerprint density at radius 2 is 2.29 bits per heavy atom. The Labute approximate surface area is 99.7 Å². The third kappa shape index (κ3) is 2.00. The Morgan fingerprint density at radius 1 is 1.35 bits per heavy atom. The van der Waals surface area contributed by atoms with E-state index < -0.39 is 0 Å². The van der Waals surface area contributed by atoms with E-state index in [4.69, 9.17) is 0 Å². The Kier molecular flexibility index (Phi) is 2.51. The van der Waals surface area contributed by atoms with Crippen LogP contribution in [0.2, 0.25) is 0 Å². The molecule has 0 amide bonds. The van der Waals surface area contributed by atoms with Crippen molar-refractivity contribution in [3.63, 3.8) is 0 Å².